The van der Waals surface area contributed by atoms with Crippen molar-refractivity contribution in [2.75, 3.05) is 0 Å². The second-order valence-corrected chi connectivity index (χ2v) is 6.19. The molecule has 0 saturated heterocycles. The zero-order valence-corrected chi connectivity index (χ0v) is 10.0. The van der Waals surface area contributed by atoms with Gasteiger partial charge in [-0.2, -0.15) is 5.26 Å². The van der Waals surface area contributed by atoms with E-state index >= 15 is 0 Å². The number of aryl methyl sites for hydroxylation is 1. The van der Waals surface area contributed by atoms with Crippen LogP contribution in [0, 0.1) is 18.3 Å². The predicted molar refractivity (Wildman–Crippen MR) is 62.7 cm³/mol. The maximum atomic E-state index is 11.3. The topological polar surface area (TPSA) is 84.0 Å². The molecule has 0 bridgehead atoms. The van der Waals surface area contributed by atoms with E-state index in [1.54, 1.807) is 25.1 Å². The lowest BCUT2D eigenvalue weighted by Gasteiger charge is -1.94. The van der Waals surface area contributed by atoms with Crippen molar-refractivity contribution >= 4 is 31.4 Å². The minimum Gasteiger partial charge on any atom is -0.224 e. The molecule has 1 aromatic heterocycles. The monoisotopic (exact) mass is 252 g/mol. The van der Waals surface area contributed by atoms with Crippen LogP contribution in [-0.2, 0) is 10.0 Å². The van der Waals surface area contributed by atoms with Crippen LogP contribution in [0.25, 0.3) is 10.1 Å². The highest BCUT2D eigenvalue weighted by Gasteiger charge is 2.17. The standard InChI is InChI=1S/C10H8N2O2S2/c1-6-8-4-7(5-11)2-3-9(8)15-10(6)16(12,13)14/h2-4H,1H3,(H2,12,13,14). The molecule has 1 aromatic carbocycles. The van der Waals surface area contributed by atoms with Gasteiger partial charge in [-0.25, -0.2) is 13.6 Å². The van der Waals surface area contributed by atoms with Crippen LogP contribution in [-0.4, -0.2) is 8.42 Å². The Morgan fingerprint density at radius 2 is 2.12 bits per heavy atom. The minimum absolute atomic E-state index is 0.164. The van der Waals surface area contributed by atoms with Gasteiger partial charge in [0.25, 0.3) is 0 Å². The lowest BCUT2D eigenvalue weighted by Crippen LogP contribution is -2.11. The molecule has 16 heavy (non-hydrogen) atoms. The molecule has 0 aliphatic rings. The Hall–Kier alpha value is -1.42. The van der Waals surface area contributed by atoms with Crippen molar-refractivity contribution in [2.24, 2.45) is 5.14 Å². The first-order chi connectivity index (χ1) is 7.43. The Labute approximate surface area is 97.0 Å². The summed E-state index contributed by atoms with van der Waals surface area (Å²) in [5.41, 5.74) is 1.12. The van der Waals surface area contributed by atoms with Gasteiger partial charge >= 0.3 is 0 Å². The van der Waals surface area contributed by atoms with Gasteiger partial charge in [-0.1, -0.05) is 0 Å². The number of sulfonamides is 1. The summed E-state index contributed by atoms with van der Waals surface area (Å²) >= 11 is 1.13. The summed E-state index contributed by atoms with van der Waals surface area (Å²) in [6.45, 7) is 1.69. The zero-order valence-electron chi connectivity index (χ0n) is 8.39. The van der Waals surface area contributed by atoms with Crippen molar-refractivity contribution in [2.45, 2.75) is 11.1 Å². The first kappa shape index (κ1) is 11.1. The van der Waals surface area contributed by atoms with Crippen molar-refractivity contribution in [1.82, 2.24) is 0 Å². The molecule has 4 nitrogen and oxygen atoms in total. The largest absolute Gasteiger partial charge is 0.247 e. The van der Waals surface area contributed by atoms with Gasteiger partial charge < -0.3 is 0 Å². The Kier molecular flexibility index (Phi) is 2.46. The van der Waals surface area contributed by atoms with E-state index < -0.39 is 10.0 Å². The van der Waals surface area contributed by atoms with Crippen LogP contribution in [0.3, 0.4) is 0 Å². The number of benzene rings is 1. The summed E-state index contributed by atoms with van der Waals surface area (Å²) < 4.78 is 23.6. The van der Waals surface area contributed by atoms with Gasteiger partial charge in [0, 0.05) is 4.70 Å². The molecule has 2 rings (SSSR count). The van der Waals surface area contributed by atoms with E-state index in [9.17, 15) is 8.42 Å². The SMILES string of the molecule is Cc1c(S(N)(=O)=O)sc2ccc(C#N)cc12. The van der Waals surface area contributed by atoms with Crippen molar-refractivity contribution < 1.29 is 8.42 Å². The second-order valence-electron chi connectivity index (χ2n) is 3.38. The van der Waals surface area contributed by atoms with Gasteiger partial charge in [0.2, 0.25) is 10.0 Å². The van der Waals surface area contributed by atoms with Gasteiger partial charge in [0.05, 0.1) is 11.6 Å². The maximum Gasteiger partial charge on any atom is 0.247 e. The van der Waals surface area contributed by atoms with Crippen LogP contribution in [0.5, 0.6) is 0 Å². The number of fused-ring (bicyclic) bond motifs is 1. The van der Waals surface area contributed by atoms with Crippen LogP contribution in [0.1, 0.15) is 11.1 Å². The fourth-order valence-electron chi connectivity index (χ4n) is 1.54. The lowest BCUT2D eigenvalue weighted by molar-refractivity contribution is 0.599. The van der Waals surface area contributed by atoms with Crippen molar-refractivity contribution in [1.29, 1.82) is 5.26 Å². The number of rotatable bonds is 1. The van der Waals surface area contributed by atoms with Gasteiger partial charge in [-0.3, -0.25) is 0 Å². The summed E-state index contributed by atoms with van der Waals surface area (Å²) in [5, 5.41) is 14.6. The molecular weight excluding hydrogens is 244 g/mol. The molecule has 0 fully saturated rings. The van der Waals surface area contributed by atoms with Gasteiger partial charge in [0.1, 0.15) is 4.21 Å². The summed E-state index contributed by atoms with van der Waals surface area (Å²) in [6.07, 6.45) is 0. The Bertz CT molecular complexity index is 708. The summed E-state index contributed by atoms with van der Waals surface area (Å²) in [6, 6.07) is 7.09. The fourth-order valence-corrected chi connectivity index (χ4v) is 3.73. The molecule has 0 aliphatic heterocycles. The third kappa shape index (κ3) is 1.69. The molecule has 0 saturated carbocycles. The van der Waals surface area contributed by atoms with E-state index in [1.165, 1.54) is 0 Å². The molecule has 2 aromatic rings. The Morgan fingerprint density at radius 1 is 1.44 bits per heavy atom. The minimum atomic E-state index is -3.68. The van der Waals surface area contributed by atoms with Crippen molar-refractivity contribution in [3.8, 4) is 6.07 Å². The second kappa shape index (κ2) is 3.56. The van der Waals surface area contributed by atoms with E-state index in [-0.39, 0.29) is 4.21 Å². The molecular formula is C10H8N2O2S2. The number of nitriles is 1. The number of hydrogen-bond donors (Lipinski definition) is 1. The molecule has 0 radical (unpaired) electrons. The average molecular weight is 252 g/mol. The quantitative estimate of drug-likeness (QED) is 0.838. The van der Waals surface area contributed by atoms with E-state index in [0.29, 0.717) is 11.1 Å². The summed E-state index contributed by atoms with van der Waals surface area (Å²) in [7, 11) is -3.68. The highest BCUT2D eigenvalue weighted by molar-refractivity contribution is 7.91. The molecule has 1 heterocycles. The smallest absolute Gasteiger partial charge is 0.224 e. The number of nitrogens with two attached hydrogens (primary N) is 1. The molecule has 0 spiro atoms. The van der Waals surface area contributed by atoms with E-state index in [1.807, 2.05) is 6.07 Å². The summed E-state index contributed by atoms with van der Waals surface area (Å²) in [4.78, 5) is 0. The number of hydrogen-bond acceptors (Lipinski definition) is 4. The zero-order chi connectivity index (χ0) is 11.9. The fraction of sp³-hybridized carbons (Fsp3) is 0.100. The van der Waals surface area contributed by atoms with Crippen LogP contribution >= 0.6 is 11.3 Å². The van der Waals surface area contributed by atoms with Crippen LogP contribution in [0.4, 0.5) is 0 Å². The Balaban J connectivity index is 2.85. The third-order valence-electron chi connectivity index (χ3n) is 2.28. The van der Waals surface area contributed by atoms with Gasteiger partial charge in [0.15, 0.2) is 0 Å². The molecule has 0 unspecified atom stereocenters. The number of primary sulfonamides is 1. The lowest BCUT2D eigenvalue weighted by atomic mass is 10.1. The average Bonchev–Trinajstić information content (AvgIpc) is 2.55. The van der Waals surface area contributed by atoms with Gasteiger partial charge in [-0.05, 0) is 36.1 Å². The molecule has 82 valence electrons. The Morgan fingerprint density at radius 3 is 2.69 bits per heavy atom. The highest BCUT2D eigenvalue weighted by Crippen LogP contribution is 2.33. The van der Waals surface area contributed by atoms with E-state index in [0.717, 1.165) is 21.4 Å². The molecule has 0 atom stereocenters. The van der Waals surface area contributed by atoms with Crippen LogP contribution in [0.2, 0.25) is 0 Å². The molecule has 2 N–H and O–H groups in total. The first-order valence-corrected chi connectivity index (χ1v) is 6.76. The third-order valence-corrected chi connectivity index (χ3v) is 5.12. The first-order valence-electron chi connectivity index (χ1n) is 4.39. The van der Waals surface area contributed by atoms with Crippen molar-refractivity contribution in [3.63, 3.8) is 0 Å². The highest BCUT2D eigenvalue weighted by atomic mass is 32.2. The number of thiophene rings is 1. The number of nitrogens with zero attached hydrogens (tertiary/aromatic N) is 1. The summed E-state index contributed by atoms with van der Waals surface area (Å²) in [5.74, 6) is 0. The van der Waals surface area contributed by atoms with Crippen LogP contribution in [0.15, 0.2) is 22.4 Å². The normalized spacial score (nSPS) is 11.6. The maximum absolute atomic E-state index is 11.3. The molecule has 6 heteroatoms. The van der Waals surface area contributed by atoms with Crippen molar-refractivity contribution in [3.05, 3.63) is 29.3 Å². The van der Waals surface area contributed by atoms with E-state index in [4.69, 9.17) is 10.4 Å². The van der Waals surface area contributed by atoms with E-state index in [2.05, 4.69) is 0 Å². The molecule has 0 aliphatic carbocycles. The predicted octanol–water partition coefficient (Wildman–Crippen LogP) is 1.73. The van der Waals surface area contributed by atoms with Crippen LogP contribution < -0.4 is 5.14 Å². The van der Waals surface area contributed by atoms with Gasteiger partial charge in [-0.15, -0.1) is 11.3 Å². The molecule has 0 amide bonds.